The van der Waals surface area contributed by atoms with E-state index in [0.717, 1.165) is 18.5 Å². The fourth-order valence-corrected chi connectivity index (χ4v) is 1.41. The summed E-state index contributed by atoms with van der Waals surface area (Å²) in [6.45, 7) is 5.00. The highest BCUT2D eigenvalue weighted by Gasteiger charge is 2.01. The number of hydrogen-bond donors (Lipinski definition) is 1. The van der Waals surface area contributed by atoms with E-state index in [4.69, 9.17) is 11.6 Å². The van der Waals surface area contributed by atoms with Gasteiger partial charge < -0.3 is 5.32 Å². The SMILES string of the molecule is Cc1cnc(NCC(C)CCCl)nc1. The topological polar surface area (TPSA) is 37.8 Å². The summed E-state index contributed by atoms with van der Waals surface area (Å²) in [6.07, 6.45) is 4.63. The van der Waals surface area contributed by atoms with Crippen molar-refractivity contribution in [3.05, 3.63) is 18.0 Å². The Morgan fingerprint density at radius 2 is 2.07 bits per heavy atom. The van der Waals surface area contributed by atoms with Crippen LogP contribution in [0.15, 0.2) is 12.4 Å². The second kappa shape index (κ2) is 5.81. The molecule has 0 spiro atoms. The molecule has 0 aromatic carbocycles. The lowest BCUT2D eigenvalue weighted by Gasteiger charge is -2.10. The molecule has 0 amide bonds. The summed E-state index contributed by atoms with van der Waals surface area (Å²) in [7, 11) is 0. The average molecular weight is 214 g/mol. The smallest absolute Gasteiger partial charge is 0.222 e. The third-order valence-corrected chi connectivity index (χ3v) is 2.21. The Labute approximate surface area is 89.9 Å². The Kier molecular flexibility index (Phi) is 4.66. The van der Waals surface area contributed by atoms with Crippen LogP contribution in [0.2, 0.25) is 0 Å². The van der Waals surface area contributed by atoms with Gasteiger partial charge in [0.05, 0.1) is 0 Å². The monoisotopic (exact) mass is 213 g/mol. The van der Waals surface area contributed by atoms with Gasteiger partial charge in [-0.05, 0) is 24.8 Å². The minimum atomic E-state index is 0.553. The maximum absolute atomic E-state index is 5.64. The van der Waals surface area contributed by atoms with Crippen molar-refractivity contribution in [2.45, 2.75) is 20.3 Å². The molecule has 3 nitrogen and oxygen atoms in total. The average Bonchev–Trinajstić information content (AvgIpc) is 2.17. The van der Waals surface area contributed by atoms with E-state index in [2.05, 4.69) is 22.2 Å². The van der Waals surface area contributed by atoms with Gasteiger partial charge >= 0.3 is 0 Å². The van der Waals surface area contributed by atoms with Crippen LogP contribution in [0.1, 0.15) is 18.9 Å². The third kappa shape index (κ3) is 3.92. The first kappa shape index (κ1) is 11.2. The number of aryl methyl sites for hydroxylation is 1. The lowest BCUT2D eigenvalue weighted by Crippen LogP contribution is -2.13. The second-order valence-electron chi connectivity index (χ2n) is 3.55. The highest BCUT2D eigenvalue weighted by Crippen LogP contribution is 2.05. The highest BCUT2D eigenvalue weighted by atomic mass is 35.5. The number of halogens is 1. The molecule has 0 bridgehead atoms. The van der Waals surface area contributed by atoms with Gasteiger partial charge in [0, 0.05) is 24.8 Å². The van der Waals surface area contributed by atoms with Gasteiger partial charge in [-0.2, -0.15) is 0 Å². The number of anilines is 1. The zero-order valence-electron chi connectivity index (χ0n) is 8.63. The molecule has 78 valence electrons. The van der Waals surface area contributed by atoms with Gasteiger partial charge in [0.25, 0.3) is 0 Å². The molecule has 1 aromatic rings. The summed E-state index contributed by atoms with van der Waals surface area (Å²) in [5, 5.41) is 3.18. The van der Waals surface area contributed by atoms with Crippen molar-refractivity contribution in [1.82, 2.24) is 9.97 Å². The van der Waals surface area contributed by atoms with E-state index in [9.17, 15) is 0 Å². The van der Waals surface area contributed by atoms with Gasteiger partial charge in [-0.1, -0.05) is 6.92 Å². The molecule has 1 N–H and O–H groups in total. The molecule has 0 saturated carbocycles. The Morgan fingerprint density at radius 3 is 2.64 bits per heavy atom. The van der Waals surface area contributed by atoms with Crippen molar-refractivity contribution >= 4 is 17.5 Å². The van der Waals surface area contributed by atoms with Crippen molar-refractivity contribution in [1.29, 1.82) is 0 Å². The van der Waals surface area contributed by atoms with Gasteiger partial charge in [0.2, 0.25) is 5.95 Å². The minimum Gasteiger partial charge on any atom is -0.354 e. The summed E-state index contributed by atoms with van der Waals surface area (Å²) in [5.74, 6) is 1.95. The van der Waals surface area contributed by atoms with E-state index in [0.29, 0.717) is 17.7 Å². The van der Waals surface area contributed by atoms with Crippen LogP contribution in [0.3, 0.4) is 0 Å². The van der Waals surface area contributed by atoms with E-state index < -0.39 is 0 Å². The van der Waals surface area contributed by atoms with Gasteiger partial charge in [-0.3, -0.25) is 0 Å². The van der Waals surface area contributed by atoms with Gasteiger partial charge in [0.15, 0.2) is 0 Å². The van der Waals surface area contributed by atoms with E-state index in [1.807, 2.05) is 19.3 Å². The number of aromatic nitrogens is 2. The van der Waals surface area contributed by atoms with Crippen LogP contribution in [-0.2, 0) is 0 Å². The molecule has 0 radical (unpaired) electrons. The molecular weight excluding hydrogens is 198 g/mol. The number of nitrogens with zero attached hydrogens (tertiary/aromatic N) is 2. The van der Waals surface area contributed by atoms with Crippen LogP contribution < -0.4 is 5.32 Å². The fourth-order valence-electron chi connectivity index (χ4n) is 1.04. The predicted octanol–water partition coefficient (Wildman–Crippen LogP) is 2.46. The first-order valence-corrected chi connectivity index (χ1v) is 5.34. The molecular formula is C10H16ClN3. The first-order chi connectivity index (χ1) is 6.72. The summed E-state index contributed by atoms with van der Waals surface area (Å²) in [6, 6.07) is 0. The molecule has 0 fully saturated rings. The van der Waals surface area contributed by atoms with Crippen molar-refractivity contribution < 1.29 is 0 Å². The van der Waals surface area contributed by atoms with Crippen LogP contribution >= 0.6 is 11.6 Å². The quantitative estimate of drug-likeness (QED) is 0.764. The minimum absolute atomic E-state index is 0.553. The van der Waals surface area contributed by atoms with Gasteiger partial charge in [-0.25, -0.2) is 9.97 Å². The largest absolute Gasteiger partial charge is 0.354 e. The van der Waals surface area contributed by atoms with Crippen LogP contribution in [0.4, 0.5) is 5.95 Å². The van der Waals surface area contributed by atoms with Crippen LogP contribution in [0, 0.1) is 12.8 Å². The molecule has 14 heavy (non-hydrogen) atoms. The van der Waals surface area contributed by atoms with Crippen molar-refractivity contribution in [3.63, 3.8) is 0 Å². The van der Waals surface area contributed by atoms with Crippen molar-refractivity contribution in [3.8, 4) is 0 Å². The zero-order valence-corrected chi connectivity index (χ0v) is 9.38. The molecule has 1 aromatic heterocycles. The summed E-state index contributed by atoms with van der Waals surface area (Å²) in [4.78, 5) is 8.31. The van der Waals surface area contributed by atoms with Crippen LogP contribution in [0.5, 0.6) is 0 Å². The number of hydrogen-bond acceptors (Lipinski definition) is 3. The first-order valence-electron chi connectivity index (χ1n) is 4.81. The van der Waals surface area contributed by atoms with Crippen molar-refractivity contribution in [2.24, 2.45) is 5.92 Å². The Balaban J connectivity index is 2.34. The summed E-state index contributed by atoms with van der Waals surface area (Å²) < 4.78 is 0. The lowest BCUT2D eigenvalue weighted by atomic mass is 10.1. The molecule has 4 heteroatoms. The maximum Gasteiger partial charge on any atom is 0.222 e. The van der Waals surface area contributed by atoms with E-state index in [-0.39, 0.29) is 0 Å². The van der Waals surface area contributed by atoms with E-state index in [1.165, 1.54) is 0 Å². The predicted molar refractivity (Wildman–Crippen MR) is 59.8 cm³/mol. The third-order valence-electron chi connectivity index (χ3n) is 1.99. The number of alkyl halides is 1. The number of nitrogens with one attached hydrogen (secondary N) is 1. The normalized spacial score (nSPS) is 12.5. The Bertz CT molecular complexity index is 261. The molecule has 0 aliphatic carbocycles. The lowest BCUT2D eigenvalue weighted by molar-refractivity contribution is 0.594. The zero-order chi connectivity index (χ0) is 10.4. The van der Waals surface area contributed by atoms with Gasteiger partial charge in [0.1, 0.15) is 0 Å². The molecule has 1 heterocycles. The molecule has 0 aliphatic heterocycles. The fraction of sp³-hybridized carbons (Fsp3) is 0.600. The van der Waals surface area contributed by atoms with E-state index in [1.54, 1.807) is 0 Å². The second-order valence-corrected chi connectivity index (χ2v) is 3.93. The van der Waals surface area contributed by atoms with E-state index >= 15 is 0 Å². The molecule has 1 atom stereocenters. The molecule has 1 unspecified atom stereocenters. The van der Waals surface area contributed by atoms with Gasteiger partial charge in [-0.15, -0.1) is 11.6 Å². The Morgan fingerprint density at radius 1 is 1.43 bits per heavy atom. The molecule has 0 aliphatic rings. The maximum atomic E-state index is 5.64. The summed E-state index contributed by atoms with van der Waals surface area (Å²) >= 11 is 5.64. The Hall–Kier alpha value is -0.830. The summed E-state index contributed by atoms with van der Waals surface area (Å²) in [5.41, 5.74) is 1.07. The number of rotatable bonds is 5. The highest BCUT2D eigenvalue weighted by molar-refractivity contribution is 6.17. The van der Waals surface area contributed by atoms with Crippen LogP contribution in [-0.4, -0.2) is 22.4 Å². The van der Waals surface area contributed by atoms with Crippen molar-refractivity contribution in [2.75, 3.05) is 17.7 Å². The van der Waals surface area contributed by atoms with Crippen LogP contribution in [0.25, 0.3) is 0 Å². The standard InChI is InChI=1S/C10H16ClN3/c1-8(3-4-11)5-12-10-13-6-9(2)7-14-10/h6-8H,3-5H2,1-2H3,(H,12,13,14). The molecule has 1 rings (SSSR count). The molecule has 0 saturated heterocycles.